The Morgan fingerprint density at radius 3 is 1.00 bits per heavy atom. The van der Waals surface area contributed by atoms with E-state index in [0.29, 0.717) is 0 Å². The van der Waals surface area contributed by atoms with Crippen LogP contribution in [0.15, 0.2) is 60.7 Å². The Balaban J connectivity index is 0.000000174. The van der Waals surface area contributed by atoms with Gasteiger partial charge < -0.3 is 0 Å². The zero-order chi connectivity index (χ0) is 9.78. The molecule has 2 rings (SSSR count). The fourth-order valence-electron chi connectivity index (χ4n) is 0.642. The van der Waals surface area contributed by atoms with Crippen molar-refractivity contribution < 1.29 is 14.5 Å². The monoisotopic (exact) mass is 483 g/mol. The SMILES string of the molecule is [Br][Pt+2][Br].c1cc[cH-]c1.c1cc[cH-]c1. The van der Waals surface area contributed by atoms with Crippen LogP contribution in [0.2, 0.25) is 0 Å². The van der Waals surface area contributed by atoms with Gasteiger partial charge in [-0.3, -0.25) is 0 Å². The van der Waals surface area contributed by atoms with Gasteiger partial charge in [0.1, 0.15) is 0 Å². The van der Waals surface area contributed by atoms with E-state index in [0.717, 1.165) is 0 Å². The second-order valence-electron chi connectivity index (χ2n) is 1.97. The molecule has 0 atom stereocenters. The Morgan fingerprint density at radius 2 is 0.923 bits per heavy atom. The first-order chi connectivity index (χ1) is 6.41. The van der Waals surface area contributed by atoms with Gasteiger partial charge in [-0.25, -0.2) is 24.3 Å². The Labute approximate surface area is 101 Å². The average molecular weight is 485 g/mol. The van der Waals surface area contributed by atoms with Gasteiger partial charge in [-0.1, -0.05) is 0 Å². The van der Waals surface area contributed by atoms with Crippen LogP contribution in [0, 0.1) is 0 Å². The maximum atomic E-state index is 3.17. The molecule has 0 saturated carbocycles. The third-order valence-electron chi connectivity index (χ3n) is 1.11. The molecule has 0 bridgehead atoms. The van der Waals surface area contributed by atoms with Crippen LogP contribution in [0.3, 0.4) is 0 Å². The summed E-state index contributed by atoms with van der Waals surface area (Å²) in [6, 6.07) is 20.0. The van der Waals surface area contributed by atoms with Crippen molar-refractivity contribution in [2.75, 3.05) is 0 Å². The number of hydrogen-bond donors (Lipinski definition) is 0. The molecule has 13 heavy (non-hydrogen) atoms. The van der Waals surface area contributed by atoms with E-state index in [1.54, 1.807) is 0 Å². The van der Waals surface area contributed by atoms with Crippen LogP contribution in [-0.2, 0) is 14.5 Å². The summed E-state index contributed by atoms with van der Waals surface area (Å²) in [4.78, 5) is 0. The summed E-state index contributed by atoms with van der Waals surface area (Å²) in [5.74, 6) is 0. The Bertz CT molecular complexity index is 165. The van der Waals surface area contributed by atoms with Crippen molar-refractivity contribution >= 4 is 26.6 Å². The molecule has 0 amide bonds. The predicted octanol–water partition coefficient (Wildman–Crippen LogP) is 4.50. The summed E-state index contributed by atoms with van der Waals surface area (Å²) in [5, 5.41) is 0. The van der Waals surface area contributed by atoms with Gasteiger partial charge in [-0.05, 0) is 0 Å². The van der Waals surface area contributed by atoms with Crippen molar-refractivity contribution in [2.45, 2.75) is 0 Å². The molecule has 0 nitrogen and oxygen atoms in total. The van der Waals surface area contributed by atoms with Gasteiger partial charge in [0.25, 0.3) is 0 Å². The van der Waals surface area contributed by atoms with Crippen LogP contribution >= 0.6 is 26.6 Å². The maximum Gasteiger partial charge on any atom is -0.172 e. The van der Waals surface area contributed by atoms with Crippen molar-refractivity contribution in [1.82, 2.24) is 0 Å². The van der Waals surface area contributed by atoms with E-state index < -0.39 is 0 Å². The standard InChI is InChI=1S/2C5H5.2BrH.Pt/c2*1-2-4-5-3-1;;;/h2*1-5H;2*1H;/q2*-1;;;+4/p-2. The minimum Gasteiger partial charge on any atom is -0.214 e. The van der Waals surface area contributed by atoms with Crippen molar-refractivity contribution in [3.63, 3.8) is 0 Å². The minimum atomic E-state index is 0.208. The average Bonchev–Trinajstić information content (AvgIpc) is 2.85. The fourth-order valence-corrected chi connectivity index (χ4v) is 0.642. The summed E-state index contributed by atoms with van der Waals surface area (Å²) in [6.45, 7) is 0. The van der Waals surface area contributed by atoms with Crippen LogP contribution in [0.4, 0.5) is 0 Å². The molecule has 0 fully saturated rings. The number of hydrogen-bond acceptors (Lipinski definition) is 0. The number of rotatable bonds is 0. The molecule has 0 aliphatic rings. The summed E-state index contributed by atoms with van der Waals surface area (Å²) >= 11 is 6.56. The molecule has 0 aliphatic carbocycles. The van der Waals surface area contributed by atoms with Gasteiger partial charge in [0, 0.05) is 0 Å². The second kappa shape index (κ2) is 12.3. The minimum absolute atomic E-state index is 0.208. The van der Waals surface area contributed by atoms with Gasteiger partial charge >= 0.3 is 41.0 Å². The molecule has 0 unspecified atom stereocenters. The first kappa shape index (κ1) is 13.3. The molecule has 0 heterocycles. The molecule has 2 aromatic rings. The van der Waals surface area contributed by atoms with Gasteiger partial charge in [0.05, 0.1) is 0 Å². The molecule has 0 aliphatic heterocycles. The van der Waals surface area contributed by atoms with Gasteiger partial charge in [0.15, 0.2) is 0 Å². The normalized spacial score (nSPS) is 7.85. The number of halogens is 2. The van der Waals surface area contributed by atoms with E-state index in [-0.39, 0.29) is 14.5 Å². The van der Waals surface area contributed by atoms with E-state index in [9.17, 15) is 0 Å². The molecular weight excluding hydrogens is 475 g/mol. The summed E-state index contributed by atoms with van der Waals surface area (Å²) in [6.07, 6.45) is 0. The van der Waals surface area contributed by atoms with Crippen LogP contribution < -0.4 is 0 Å². The first-order valence-electron chi connectivity index (χ1n) is 3.57. The third-order valence-corrected chi connectivity index (χ3v) is 1.11. The van der Waals surface area contributed by atoms with E-state index >= 15 is 0 Å². The fraction of sp³-hybridized carbons (Fsp3) is 0. The molecule has 0 N–H and O–H groups in total. The van der Waals surface area contributed by atoms with Crippen LogP contribution in [0.25, 0.3) is 0 Å². The second-order valence-corrected chi connectivity index (χ2v) is 11.9. The largest absolute Gasteiger partial charge is 0.214 e. The molecule has 3 heteroatoms. The molecule has 0 saturated heterocycles. The van der Waals surface area contributed by atoms with Gasteiger partial charge in [0.2, 0.25) is 0 Å². The van der Waals surface area contributed by atoms with Crippen LogP contribution in [0.5, 0.6) is 0 Å². The van der Waals surface area contributed by atoms with Crippen LogP contribution in [-0.4, -0.2) is 0 Å². The summed E-state index contributed by atoms with van der Waals surface area (Å²) in [5.41, 5.74) is 0. The zero-order valence-electron chi connectivity index (χ0n) is 6.85. The van der Waals surface area contributed by atoms with E-state index in [2.05, 4.69) is 26.6 Å². The van der Waals surface area contributed by atoms with Crippen molar-refractivity contribution in [2.24, 2.45) is 0 Å². The summed E-state index contributed by atoms with van der Waals surface area (Å²) in [7, 11) is 0. The topological polar surface area (TPSA) is 0 Å². The third kappa shape index (κ3) is 12.3. The Hall–Kier alpha value is 0.348. The predicted molar refractivity (Wildman–Crippen MR) is 61.9 cm³/mol. The summed E-state index contributed by atoms with van der Waals surface area (Å²) < 4.78 is 0. The quantitative estimate of drug-likeness (QED) is 0.483. The Morgan fingerprint density at radius 1 is 0.692 bits per heavy atom. The van der Waals surface area contributed by atoms with Crippen molar-refractivity contribution in [3.8, 4) is 0 Å². The molecule has 0 aromatic heterocycles. The smallest absolute Gasteiger partial charge is 0.172 e. The first-order valence-corrected chi connectivity index (χ1v) is 13.5. The van der Waals surface area contributed by atoms with E-state index in [1.807, 2.05) is 60.7 Å². The Kier molecular flexibility index (Phi) is 12.7. The molecular formula is C10H10Br2Pt. The van der Waals surface area contributed by atoms with Crippen molar-refractivity contribution in [1.29, 1.82) is 0 Å². The van der Waals surface area contributed by atoms with Crippen molar-refractivity contribution in [3.05, 3.63) is 60.7 Å². The zero-order valence-corrected chi connectivity index (χ0v) is 12.3. The van der Waals surface area contributed by atoms with Gasteiger partial charge in [-0.15, -0.1) is 0 Å². The maximum absolute atomic E-state index is 3.17. The van der Waals surface area contributed by atoms with E-state index in [1.165, 1.54) is 0 Å². The van der Waals surface area contributed by atoms with Gasteiger partial charge in [-0.2, -0.15) is 36.4 Å². The molecule has 2 aromatic carbocycles. The molecule has 0 spiro atoms. The molecule has 74 valence electrons. The van der Waals surface area contributed by atoms with E-state index in [4.69, 9.17) is 0 Å². The van der Waals surface area contributed by atoms with Crippen LogP contribution in [0.1, 0.15) is 0 Å². The molecule has 0 radical (unpaired) electrons.